The molecule has 1 saturated heterocycles. The lowest BCUT2D eigenvalue weighted by molar-refractivity contribution is 0.544. The van der Waals surface area contributed by atoms with Crippen molar-refractivity contribution in [2.75, 3.05) is 11.5 Å². The molecule has 0 aromatic rings. The molecule has 0 bridgehead atoms. The van der Waals surface area contributed by atoms with Crippen molar-refractivity contribution in [1.29, 1.82) is 0 Å². The Bertz CT molecular complexity index is 184. The fraction of sp³-hybridized carbons (Fsp3) is 0.833. The standard InChI is InChI=1S/C12H23NS2/c1-3-5-6-7-10(13)12-11(4-2)14-8-9-15-12/h3,10-12H,1,4-9,13H2,2H3. The third-order valence-electron chi connectivity index (χ3n) is 2.86. The van der Waals surface area contributed by atoms with Crippen LogP contribution < -0.4 is 5.73 Å². The van der Waals surface area contributed by atoms with E-state index in [0.717, 1.165) is 18.1 Å². The fourth-order valence-corrected chi connectivity index (χ4v) is 5.23. The van der Waals surface area contributed by atoms with Crippen LogP contribution in [0.15, 0.2) is 12.7 Å². The lowest BCUT2D eigenvalue weighted by Gasteiger charge is -2.34. The predicted molar refractivity (Wildman–Crippen MR) is 74.8 cm³/mol. The van der Waals surface area contributed by atoms with Crippen LogP contribution >= 0.6 is 23.5 Å². The summed E-state index contributed by atoms with van der Waals surface area (Å²) in [5.74, 6) is 2.58. The highest BCUT2D eigenvalue weighted by Crippen LogP contribution is 2.35. The number of allylic oxidation sites excluding steroid dienone is 1. The van der Waals surface area contributed by atoms with Crippen molar-refractivity contribution in [3.8, 4) is 0 Å². The van der Waals surface area contributed by atoms with E-state index in [2.05, 4.69) is 37.0 Å². The van der Waals surface area contributed by atoms with Gasteiger partial charge >= 0.3 is 0 Å². The molecule has 1 aliphatic rings. The Labute approximate surface area is 103 Å². The minimum atomic E-state index is 0.382. The zero-order valence-corrected chi connectivity index (χ0v) is 11.3. The molecule has 0 aromatic carbocycles. The van der Waals surface area contributed by atoms with E-state index >= 15 is 0 Å². The Kier molecular flexibility index (Phi) is 6.86. The highest BCUT2D eigenvalue weighted by Gasteiger charge is 2.29. The molecule has 0 saturated carbocycles. The molecule has 3 heteroatoms. The van der Waals surface area contributed by atoms with Crippen molar-refractivity contribution in [3.05, 3.63) is 12.7 Å². The number of unbranched alkanes of at least 4 members (excludes halogenated alkanes) is 1. The topological polar surface area (TPSA) is 26.0 Å². The van der Waals surface area contributed by atoms with Gasteiger partial charge in [-0.2, -0.15) is 23.5 Å². The molecule has 1 aliphatic heterocycles. The summed E-state index contributed by atoms with van der Waals surface area (Å²) >= 11 is 4.21. The molecule has 0 aromatic heterocycles. The monoisotopic (exact) mass is 245 g/mol. The largest absolute Gasteiger partial charge is 0.327 e. The van der Waals surface area contributed by atoms with Gasteiger partial charge in [-0.3, -0.25) is 0 Å². The molecule has 0 radical (unpaired) electrons. The Morgan fingerprint density at radius 3 is 2.87 bits per heavy atom. The minimum absolute atomic E-state index is 0.382. The number of nitrogens with two attached hydrogens (primary N) is 1. The van der Waals surface area contributed by atoms with Gasteiger partial charge in [-0.15, -0.1) is 6.58 Å². The molecule has 2 N–H and O–H groups in total. The van der Waals surface area contributed by atoms with Crippen molar-refractivity contribution in [1.82, 2.24) is 0 Å². The lowest BCUT2D eigenvalue weighted by Crippen LogP contribution is -2.41. The molecule has 0 amide bonds. The van der Waals surface area contributed by atoms with Crippen molar-refractivity contribution < 1.29 is 0 Å². The second-order valence-corrected chi connectivity index (χ2v) is 6.67. The second kappa shape index (κ2) is 7.64. The van der Waals surface area contributed by atoms with Crippen LogP contribution in [-0.2, 0) is 0 Å². The Morgan fingerprint density at radius 1 is 1.47 bits per heavy atom. The molecule has 0 aliphatic carbocycles. The first-order valence-electron chi connectivity index (χ1n) is 5.89. The summed E-state index contributed by atoms with van der Waals surface area (Å²) in [6.45, 7) is 6.04. The van der Waals surface area contributed by atoms with Gasteiger partial charge in [-0.25, -0.2) is 0 Å². The van der Waals surface area contributed by atoms with E-state index in [1.165, 1.54) is 24.3 Å². The molecule has 1 heterocycles. The first kappa shape index (κ1) is 13.5. The Hall–Kier alpha value is 0.400. The summed E-state index contributed by atoms with van der Waals surface area (Å²) in [5.41, 5.74) is 6.29. The fourth-order valence-electron chi connectivity index (χ4n) is 2.00. The van der Waals surface area contributed by atoms with Gasteiger partial charge in [-0.1, -0.05) is 13.0 Å². The maximum atomic E-state index is 6.29. The van der Waals surface area contributed by atoms with E-state index in [9.17, 15) is 0 Å². The van der Waals surface area contributed by atoms with E-state index in [1.807, 2.05) is 6.08 Å². The Morgan fingerprint density at radius 2 is 2.20 bits per heavy atom. The van der Waals surface area contributed by atoms with Crippen LogP contribution in [0.5, 0.6) is 0 Å². The average Bonchev–Trinajstić information content (AvgIpc) is 2.29. The Balaban J connectivity index is 2.33. The van der Waals surface area contributed by atoms with Crippen LogP contribution in [0.4, 0.5) is 0 Å². The molecule has 1 fully saturated rings. The third-order valence-corrected chi connectivity index (χ3v) is 6.29. The average molecular weight is 245 g/mol. The highest BCUT2D eigenvalue weighted by molar-refractivity contribution is 8.07. The van der Waals surface area contributed by atoms with Gasteiger partial charge in [0.25, 0.3) is 0 Å². The molecular weight excluding hydrogens is 222 g/mol. The van der Waals surface area contributed by atoms with Crippen LogP contribution in [0, 0.1) is 0 Å². The van der Waals surface area contributed by atoms with Crippen LogP contribution in [0.2, 0.25) is 0 Å². The molecule has 0 spiro atoms. The van der Waals surface area contributed by atoms with Crippen LogP contribution in [-0.4, -0.2) is 28.0 Å². The van der Waals surface area contributed by atoms with Crippen molar-refractivity contribution >= 4 is 23.5 Å². The quantitative estimate of drug-likeness (QED) is 0.574. The lowest BCUT2D eigenvalue weighted by atomic mass is 10.0. The smallest absolute Gasteiger partial charge is 0.0317 e. The molecule has 3 atom stereocenters. The first-order valence-corrected chi connectivity index (χ1v) is 7.99. The molecule has 3 unspecified atom stereocenters. The van der Waals surface area contributed by atoms with Crippen LogP contribution in [0.3, 0.4) is 0 Å². The maximum Gasteiger partial charge on any atom is 0.0317 e. The van der Waals surface area contributed by atoms with E-state index < -0.39 is 0 Å². The minimum Gasteiger partial charge on any atom is -0.327 e. The zero-order chi connectivity index (χ0) is 11.1. The third kappa shape index (κ3) is 4.41. The molecule has 1 rings (SSSR count). The van der Waals surface area contributed by atoms with E-state index in [0.29, 0.717) is 11.3 Å². The molecular formula is C12H23NS2. The maximum absolute atomic E-state index is 6.29. The normalized spacial score (nSPS) is 28.7. The van der Waals surface area contributed by atoms with Gasteiger partial charge < -0.3 is 5.73 Å². The second-order valence-electron chi connectivity index (χ2n) is 4.04. The number of rotatable bonds is 6. The van der Waals surface area contributed by atoms with E-state index in [4.69, 9.17) is 5.73 Å². The van der Waals surface area contributed by atoms with Crippen molar-refractivity contribution in [3.63, 3.8) is 0 Å². The van der Waals surface area contributed by atoms with E-state index in [-0.39, 0.29) is 0 Å². The molecule has 15 heavy (non-hydrogen) atoms. The number of thioether (sulfide) groups is 2. The zero-order valence-electron chi connectivity index (χ0n) is 9.65. The summed E-state index contributed by atoms with van der Waals surface area (Å²) in [6, 6.07) is 0.382. The summed E-state index contributed by atoms with van der Waals surface area (Å²) < 4.78 is 0. The highest BCUT2D eigenvalue weighted by atomic mass is 32.2. The first-order chi connectivity index (χ1) is 7.29. The number of hydrogen-bond acceptors (Lipinski definition) is 3. The SMILES string of the molecule is C=CCCCC(N)C1SCCSC1CC. The molecule has 88 valence electrons. The van der Waals surface area contributed by atoms with Crippen molar-refractivity contribution in [2.45, 2.75) is 49.1 Å². The summed E-state index contributed by atoms with van der Waals surface area (Å²) in [6.07, 6.45) is 6.71. The van der Waals surface area contributed by atoms with Gasteiger partial charge in [-0.05, 0) is 25.7 Å². The van der Waals surface area contributed by atoms with Gasteiger partial charge in [0.15, 0.2) is 0 Å². The van der Waals surface area contributed by atoms with Crippen LogP contribution in [0.25, 0.3) is 0 Å². The van der Waals surface area contributed by atoms with Gasteiger partial charge in [0, 0.05) is 28.0 Å². The van der Waals surface area contributed by atoms with Gasteiger partial charge in [0.05, 0.1) is 0 Å². The van der Waals surface area contributed by atoms with Crippen molar-refractivity contribution in [2.24, 2.45) is 5.73 Å². The summed E-state index contributed by atoms with van der Waals surface area (Å²) in [5, 5.41) is 1.46. The van der Waals surface area contributed by atoms with E-state index in [1.54, 1.807) is 0 Å². The predicted octanol–water partition coefficient (Wildman–Crippen LogP) is 3.30. The van der Waals surface area contributed by atoms with Gasteiger partial charge in [0.1, 0.15) is 0 Å². The van der Waals surface area contributed by atoms with Crippen LogP contribution in [0.1, 0.15) is 32.6 Å². The number of hydrogen-bond donors (Lipinski definition) is 1. The molecule has 1 nitrogen and oxygen atoms in total. The summed E-state index contributed by atoms with van der Waals surface area (Å²) in [7, 11) is 0. The summed E-state index contributed by atoms with van der Waals surface area (Å²) in [4.78, 5) is 0. The van der Waals surface area contributed by atoms with Gasteiger partial charge in [0.2, 0.25) is 0 Å².